The number of hydrogen-bond acceptors (Lipinski definition) is 0. The van der Waals surface area contributed by atoms with Crippen molar-refractivity contribution in [2.75, 3.05) is 0 Å². The molecule has 0 nitrogen and oxygen atoms in total. The fraction of sp³-hybridized carbons (Fsp3) is 0.222. The number of rotatable bonds is 3. The van der Waals surface area contributed by atoms with Crippen LogP contribution >= 0.6 is 0 Å². The van der Waals surface area contributed by atoms with E-state index in [2.05, 4.69) is 0 Å². The zero-order valence-corrected chi connectivity index (χ0v) is 12.7. The van der Waals surface area contributed by atoms with Crippen molar-refractivity contribution in [3.05, 3.63) is 70.3 Å². The molecule has 128 valence electrons. The van der Waals surface area contributed by atoms with E-state index in [1.807, 2.05) is 19.1 Å². The van der Waals surface area contributed by atoms with Crippen molar-refractivity contribution in [3.8, 4) is 0 Å². The van der Waals surface area contributed by atoms with Gasteiger partial charge >= 0.3 is 12.4 Å². The van der Waals surface area contributed by atoms with Gasteiger partial charge in [-0.15, -0.1) is 0 Å². The van der Waals surface area contributed by atoms with Gasteiger partial charge in [0.15, 0.2) is 0 Å². The molecule has 0 atom stereocenters. The van der Waals surface area contributed by atoms with Gasteiger partial charge < -0.3 is 0 Å². The first-order valence-electron chi connectivity index (χ1n) is 7.16. The van der Waals surface area contributed by atoms with Gasteiger partial charge in [0.25, 0.3) is 0 Å². The van der Waals surface area contributed by atoms with Crippen LogP contribution in [0.25, 0.3) is 12.2 Å². The van der Waals surface area contributed by atoms with Crippen LogP contribution in [0.15, 0.2) is 42.5 Å². The van der Waals surface area contributed by atoms with Crippen molar-refractivity contribution in [3.63, 3.8) is 0 Å². The summed E-state index contributed by atoms with van der Waals surface area (Å²) in [5.41, 5.74) is -1.02. The predicted octanol–water partition coefficient (Wildman–Crippen LogP) is 6.46. The first kappa shape index (κ1) is 18.1. The fourth-order valence-electron chi connectivity index (χ4n) is 2.13. The molecular weight excluding hydrogens is 330 g/mol. The molecule has 0 saturated heterocycles. The summed E-state index contributed by atoms with van der Waals surface area (Å²) >= 11 is 0. The highest BCUT2D eigenvalue weighted by Gasteiger charge is 2.36. The summed E-state index contributed by atoms with van der Waals surface area (Å²) in [7, 11) is 0. The van der Waals surface area contributed by atoms with Crippen LogP contribution < -0.4 is 0 Å². The van der Waals surface area contributed by atoms with Crippen molar-refractivity contribution >= 4 is 12.2 Å². The standard InChI is InChI=1S/C18H14F6/c1-2-12-3-5-13(6-4-12)7-8-14-9-15(17(19,20)21)11-16(10-14)18(22,23)24/h3-11H,2H2,1H3/b8-7+. The van der Waals surface area contributed by atoms with Crippen LogP contribution in [0, 0.1) is 0 Å². The molecule has 0 aliphatic carbocycles. The van der Waals surface area contributed by atoms with E-state index in [1.54, 1.807) is 12.1 Å². The number of benzene rings is 2. The lowest BCUT2D eigenvalue weighted by Crippen LogP contribution is -2.11. The number of halogens is 6. The Kier molecular flexibility index (Phi) is 5.06. The molecule has 2 aromatic carbocycles. The summed E-state index contributed by atoms with van der Waals surface area (Å²) in [6, 6.07) is 8.74. The third-order valence-corrected chi connectivity index (χ3v) is 3.47. The van der Waals surface area contributed by atoms with Gasteiger partial charge in [0.05, 0.1) is 11.1 Å². The van der Waals surface area contributed by atoms with E-state index in [1.165, 1.54) is 12.2 Å². The van der Waals surface area contributed by atoms with E-state index in [9.17, 15) is 26.3 Å². The Labute approximate surface area is 135 Å². The third-order valence-electron chi connectivity index (χ3n) is 3.47. The molecule has 2 rings (SSSR count). The molecule has 0 N–H and O–H groups in total. The molecule has 0 unspecified atom stereocenters. The molecule has 0 aliphatic rings. The highest BCUT2D eigenvalue weighted by Crippen LogP contribution is 2.36. The molecule has 0 heterocycles. The van der Waals surface area contributed by atoms with Crippen molar-refractivity contribution in [2.45, 2.75) is 25.7 Å². The van der Waals surface area contributed by atoms with E-state index < -0.39 is 23.5 Å². The van der Waals surface area contributed by atoms with Gasteiger partial charge in [-0.1, -0.05) is 43.3 Å². The number of hydrogen-bond donors (Lipinski definition) is 0. The fourth-order valence-corrected chi connectivity index (χ4v) is 2.13. The maximum absolute atomic E-state index is 12.8. The van der Waals surface area contributed by atoms with Crippen molar-refractivity contribution in [1.29, 1.82) is 0 Å². The highest BCUT2D eigenvalue weighted by atomic mass is 19.4. The minimum atomic E-state index is -4.84. The van der Waals surface area contributed by atoms with Crippen LogP contribution in [0.5, 0.6) is 0 Å². The second-order valence-corrected chi connectivity index (χ2v) is 5.27. The second-order valence-electron chi connectivity index (χ2n) is 5.27. The van der Waals surface area contributed by atoms with Gasteiger partial charge in [0.2, 0.25) is 0 Å². The third kappa shape index (κ3) is 4.63. The monoisotopic (exact) mass is 344 g/mol. The smallest absolute Gasteiger partial charge is 0.166 e. The van der Waals surface area contributed by atoms with Gasteiger partial charge in [-0.2, -0.15) is 26.3 Å². The van der Waals surface area contributed by atoms with Crippen molar-refractivity contribution in [1.82, 2.24) is 0 Å². The maximum atomic E-state index is 12.8. The van der Waals surface area contributed by atoms with Crippen LogP contribution in [0.4, 0.5) is 26.3 Å². The SMILES string of the molecule is CCc1ccc(/C=C/c2cc(C(F)(F)F)cc(C(F)(F)F)c2)cc1. The summed E-state index contributed by atoms with van der Waals surface area (Å²) in [6.45, 7) is 1.98. The lowest BCUT2D eigenvalue weighted by atomic mass is 10.0. The average Bonchev–Trinajstić information content (AvgIpc) is 2.51. The minimum Gasteiger partial charge on any atom is -0.166 e. The van der Waals surface area contributed by atoms with Crippen molar-refractivity contribution < 1.29 is 26.3 Å². The van der Waals surface area contributed by atoms with Crippen molar-refractivity contribution in [2.24, 2.45) is 0 Å². The Morgan fingerprint density at radius 3 is 1.58 bits per heavy atom. The molecule has 0 bridgehead atoms. The summed E-state index contributed by atoms with van der Waals surface area (Å²) in [6.07, 6.45) is -6.12. The molecular formula is C18H14F6. The molecule has 0 aromatic heterocycles. The Hall–Kier alpha value is -2.24. The quantitative estimate of drug-likeness (QED) is 0.443. The Balaban J connectivity index is 2.39. The van der Waals surface area contributed by atoms with E-state index >= 15 is 0 Å². The Morgan fingerprint density at radius 2 is 1.17 bits per heavy atom. The molecule has 2 aromatic rings. The van der Waals surface area contributed by atoms with Gasteiger partial charge in [-0.25, -0.2) is 0 Å². The van der Waals surface area contributed by atoms with E-state index in [0.29, 0.717) is 17.7 Å². The van der Waals surface area contributed by atoms with Crippen LogP contribution in [0.3, 0.4) is 0 Å². The van der Waals surface area contributed by atoms with E-state index in [4.69, 9.17) is 0 Å². The zero-order chi connectivity index (χ0) is 18.0. The van der Waals surface area contributed by atoms with Gasteiger partial charge in [-0.05, 0) is 41.3 Å². The van der Waals surface area contributed by atoms with Crippen LogP contribution in [-0.2, 0) is 18.8 Å². The summed E-state index contributed by atoms with van der Waals surface area (Å²) < 4.78 is 76.7. The van der Waals surface area contributed by atoms with Gasteiger partial charge in [-0.3, -0.25) is 0 Å². The molecule has 6 heteroatoms. The lowest BCUT2D eigenvalue weighted by Gasteiger charge is -2.12. The predicted molar refractivity (Wildman–Crippen MR) is 81.2 cm³/mol. The van der Waals surface area contributed by atoms with Crippen LogP contribution in [0.1, 0.15) is 34.7 Å². The van der Waals surface area contributed by atoms with Crippen LogP contribution in [-0.4, -0.2) is 0 Å². The second kappa shape index (κ2) is 6.71. The first-order chi connectivity index (χ1) is 11.1. The normalized spacial score (nSPS) is 12.8. The minimum absolute atomic E-state index is 0.118. The lowest BCUT2D eigenvalue weighted by molar-refractivity contribution is -0.143. The molecule has 0 spiro atoms. The summed E-state index contributed by atoms with van der Waals surface area (Å²) in [5, 5.41) is 0. The Morgan fingerprint density at radius 1 is 0.708 bits per heavy atom. The summed E-state index contributed by atoms with van der Waals surface area (Å²) in [5.74, 6) is 0. The molecule has 0 fully saturated rings. The maximum Gasteiger partial charge on any atom is 0.416 e. The molecule has 24 heavy (non-hydrogen) atoms. The zero-order valence-electron chi connectivity index (χ0n) is 12.7. The summed E-state index contributed by atoms with van der Waals surface area (Å²) in [4.78, 5) is 0. The number of alkyl halides is 6. The Bertz CT molecular complexity index is 688. The first-order valence-corrected chi connectivity index (χ1v) is 7.16. The van der Waals surface area contributed by atoms with E-state index in [0.717, 1.165) is 12.0 Å². The topological polar surface area (TPSA) is 0 Å². The number of aryl methyl sites for hydroxylation is 1. The highest BCUT2D eigenvalue weighted by molar-refractivity contribution is 5.70. The van der Waals surface area contributed by atoms with Gasteiger partial charge in [0, 0.05) is 0 Å². The van der Waals surface area contributed by atoms with Crippen LogP contribution in [0.2, 0.25) is 0 Å². The molecule has 0 saturated carbocycles. The van der Waals surface area contributed by atoms with Gasteiger partial charge in [0.1, 0.15) is 0 Å². The molecule has 0 amide bonds. The van der Waals surface area contributed by atoms with E-state index in [-0.39, 0.29) is 11.6 Å². The molecule has 0 aliphatic heterocycles. The molecule has 0 radical (unpaired) electrons. The largest absolute Gasteiger partial charge is 0.416 e. The average molecular weight is 344 g/mol.